The van der Waals surface area contributed by atoms with Gasteiger partial charge in [0.25, 0.3) is 0 Å². The number of ether oxygens (including phenoxy) is 1. The highest BCUT2D eigenvalue weighted by Gasteiger charge is 2.21. The second-order valence-electron chi connectivity index (χ2n) is 5.11. The highest BCUT2D eigenvalue weighted by atomic mass is 19.1. The van der Waals surface area contributed by atoms with Crippen molar-refractivity contribution in [3.63, 3.8) is 0 Å². The van der Waals surface area contributed by atoms with Gasteiger partial charge in [-0.25, -0.2) is 4.39 Å². The van der Waals surface area contributed by atoms with Crippen LogP contribution in [-0.4, -0.2) is 37.2 Å². The summed E-state index contributed by atoms with van der Waals surface area (Å²) in [4.78, 5) is 2.36. The van der Waals surface area contributed by atoms with Crippen LogP contribution in [0.15, 0.2) is 24.3 Å². The number of hydrogen-bond donors (Lipinski definition) is 1. The van der Waals surface area contributed by atoms with Gasteiger partial charge in [0.2, 0.25) is 0 Å². The van der Waals surface area contributed by atoms with Gasteiger partial charge in [-0.05, 0) is 37.5 Å². The van der Waals surface area contributed by atoms with Crippen LogP contribution < -0.4 is 5.73 Å². The van der Waals surface area contributed by atoms with Crippen molar-refractivity contribution in [2.24, 2.45) is 5.73 Å². The van der Waals surface area contributed by atoms with Gasteiger partial charge in [-0.15, -0.1) is 0 Å². The lowest BCUT2D eigenvalue weighted by atomic mass is 10.0. The molecule has 1 aliphatic rings. The third-order valence-electron chi connectivity index (χ3n) is 3.69. The van der Waals surface area contributed by atoms with E-state index in [9.17, 15) is 4.39 Å². The van der Waals surface area contributed by atoms with E-state index < -0.39 is 0 Å². The van der Waals surface area contributed by atoms with Crippen LogP contribution in [0.4, 0.5) is 4.39 Å². The molecule has 0 spiro atoms. The maximum atomic E-state index is 12.9. The largest absolute Gasteiger partial charge is 0.378 e. The zero-order valence-corrected chi connectivity index (χ0v) is 11.5. The van der Waals surface area contributed by atoms with Gasteiger partial charge in [0.1, 0.15) is 5.82 Å². The summed E-state index contributed by atoms with van der Waals surface area (Å²) < 4.78 is 18.5. The van der Waals surface area contributed by atoms with Crippen LogP contribution in [0.3, 0.4) is 0 Å². The van der Waals surface area contributed by atoms with Gasteiger partial charge in [0.15, 0.2) is 0 Å². The molecule has 1 aromatic carbocycles. The van der Waals surface area contributed by atoms with E-state index in [0.717, 1.165) is 44.6 Å². The number of rotatable bonds is 5. The van der Waals surface area contributed by atoms with Crippen molar-refractivity contribution in [2.75, 3.05) is 26.2 Å². The maximum absolute atomic E-state index is 12.9. The SMILES string of the molecule is CCOC1CCN(CC(N)c2ccc(F)cc2)CC1. The molecule has 0 radical (unpaired) electrons. The summed E-state index contributed by atoms with van der Waals surface area (Å²) in [5.74, 6) is -0.214. The lowest BCUT2D eigenvalue weighted by molar-refractivity contribution is 0.0131. The average molecular weight is 266 g/mol. The van der Waals surface area contributed by atoms with Crippen molar-refractivity contribution in [1.82, 2.24) is 4.90 Å². The summed E-state index contributed by atoms with van der Waals surface area (Å²) in [6.45, 7) is 5.71. The van der Waals surface area contributed by atoms with Crippen LogP contribution in [0.2, 0.25) is 0 Å². The van der Waals surface area contributed by atoms with Gasteiger partial charge in [-0.1, -0.05) is 12.1 Å². The Kier molecular flexibility index (Phi) is 5.31. The topological polar surface area (TPSA) is 38.5 Å². The fourth-order valence-corrected chi connectivity index (χ4v) is 2.59. The van der Waals surface area contributed by atoms with Crippen molar-refractivity contribution < 1.29 is 9.13 Å². The molecule has 19 heavy (non-hydrogen) atoms. The third kappa shape index (κ3) is 4.27. The molecule has 0 saturated carbocycles. The number of nitrogens with two attached hydrogens (primary N) is 1. The Balaban J connectivity index is 1.80. The summed E-state index contributed by atoms with van der Waals surface area (Å²) in [7, 11) is 0. The first kappa shape index (κ1) is 14.4. The zero-order valence-electron chi connectivity index (χ0n) is 11.5. The van der Waals surface area contributed by atoms with Gasteiger partial charge in [-0.3, -0.25) is 0 Å². The molecule has 4 heteroatoms. The first-order chi connectivity index (χ1) is 9.19. The summed E-state index contributed by atoms with van der Waals surface area (Å²) in [6.07, 6.45) is 2.55. The molecule has 1 heterocycles. The predicted octanol–water partition coefficient (Wildman–Crippen LogP) is 2.33. The Morgan fingerprint density at radius 3 is 2.53 bits per heavy atom. The zero-order chi connectivity index (χ0) is 13.7. The molecular formula is C15H23FN2O. The molecule has 2 rings (SSSR count). The Morgan fingerprint density at radius 2 is 1.95 bits per heavy atom. The second kappa shape index (κ2) is 6.98. The molecule has 3 nitrogen and oxygen atoms in total. The van der Waals surface area contributed by atoms with Gasteiger partial charge < -0.3 is 15.4 Å². The van der Waals surface area contributed by atoms with E-state index in [1.54, 1.807) is 12.1 Å². The standard InChI is InChI=1S/C15H23FN2O/c1-2-19-14-7-9-18(10-8-14)11-15(17)12-3-5-13(16)6-4-12/h3-6,14-15H,2,7-11,17H2,1H3. The van der Waals surface area contributed by atoms with E-state index in [0.29, 0.717) is 6.10 Å². The predicted molar refractivity (Wildman–Crippen MR) is 74.4 cm³/mol. The number of likely N-dealkylation sites (tertiary alicyclic amines) is 1. The molecule has 0 bridgehead atoms. The Hall–Kier alpha value is -0.970. The molecule has 1 aromatic rings. The van der Waals surface area contributed by atoms with Crippen LogP contribution in [0.1, 0.15) is 31.4 Å². The number of benzene rings is 1. The summed E-state index contributed by atoms with van der Waals surface area (Å²) in [5.41, 5.74) is 7.17. The minimum Gasteiger partial charge on any atom is -0.378 e. The molecule has 0 aromatic heterocycles. The van der Waals surface area contributed by atoms with Crippen molar-refractivity contribution in [3.8, 4) is 0 Å². The summed E-state index contributed by atoms with van der Waals surface area (Å²) in [6, 6.07) is 6.43. The fraction of sp³-hybridized carbons (Fsp3) is 0.600. The van der Waals surface area contributed by atoms with E-state index in [-0.39, 0.29) is 11.9 Å². The van der Waals surface area contributed by atoms with Crippen LogP contribution in [-0.2, 0) is 4.74 Å². The van der Waals surface area contributed by atoms with E-state index in [2.05, 4.69) is 4.90 Å². The average Bonchev–Trinajstić information content (AvgIpc) is 2.42. The van der Waals surface area contributed by atoms with Crippen molar-refractivity contribution in [2.45, 2.75) is 31.9 Å². The lowest BCUT2D eigenvalue weighted by Gasteiger charge is -2.33. The Labute approximate surface area is 114 Å². The smallest absolute Gasteiger partial charge is 0.123 e. The number of hydrogen-bond acceptors (Lipinski definition) is 3. The molecule has 1 aliphatic heterocycles. The molecular weight excluding hydrogens is 243 g/mol. The van der Waals surface area contributed by atoms with Crippen molar-refractivity contribution in [1.29, 1.82) is 0 Å². The fourth-order valence-electron chi connectivity index (χ4n) is 2.59. The van der Waals surface area contributed by atoms with Crippen molar-refractivity contribution in [3.05, 3.63) is 35.6 Å². The van der Waals surface area contributed by atoms with Crippen LogP contribution >= 0.6 is 0 Å². The number of halogens is 1. The summed E-state index contributed by atoms with van der Waals surface area (Å²) >= 11 is 0. The lowest BCUT2D eigenvalue weighted by Crippen LogP contribution is -2.40. The van der Waals surface area contributed by atoms with Crippen LogP contribution in [0, 0.1) is 5.82 Å². The van der Waals surface area contributed by atoms with Gasteiger partial charge in [0.05, 0.1) is 6.10 Å². The van der Waals surface area contributed by atoms with E-state index in [1.165, 1.54) is 12.1 Å². The molecule has 1 fully saturated rings. The summed E-state index contributed by atoms with van der Waals surface area (Å²) in [5, 5.41) is 0. The van der Waals surface area contributed by atoms with Crippen LogP contribution in [0.5, 0.6) is 0 Å². The highest BCUT2D eigenvalue weighted by molar-refractivity contribution is 5.19. The normalized spacial score (nSPS) is 19.5. The van der Waals surface area contributed by atoms with Crippen molar-refractivity contribution >= 4 is 0 Å². The van der Waals surface area contributed by atoms with Gasteiger partial charge in [0, 0.05) is 32.3 Å². The Bertz CT molecular complexity index is 374. The second-order valence-corrected chi connectivity index (χ2v) is 5.11. The first-order valence-electron chi connectivity index (χ1n) is 7.04. The van der Waals surface area contributed by atoms with Gasteiger partial charge >= 0.3 is 0 Å². The minimum atomic E-state index is -0.214. The van der Waals surface area contributed by atoms with E-state index in [4.69, 9.17) is 10.5 Å². The van der Waals surface area contributed by atoms with E-state index >= 15 is 0 Å². The van der Waals surface area contributed by atoms with E-state index in [1.807, 2.05) is 6.92 Å². The monoisotopic (exact) mass is 266 g/mol. The molecule has 0 aliphatic carbocycles. The molecule has 2 N–H and O–H groups in total. The Morgan fingerprint density at radius 1 is 1.32 bits per heavy atom. The first-order valence-corrected chi connectivity index (χ1v) is 7.04. The maximum Gasteiger partial charge on any atom is 0.123 e. The number of piperidine rings is 1. The minimum absolute atomic E-state index is 0.0516. The van der Waals surface area contributed by atoms with Crippen LogP contribution in [0.25, 0.3) is 0 Å². The highest BCUT2D eigenvalue weighted by Crippen LogP contribution is 2.18. The van der Waals surface area contributed by atoms with Gasteiger partial charge in [-0.2, -0.15) is 0 Å². The quantitative estimate of drug-likeness (QED) is 0.889. The molecule has 0 amide bonds. The molecule has 1 atom stereocenters. The molecule has 1 saturated heterocycles. The number of nitrogens with zero attached hydrogens (tertiary/aromatic N) is 1. The molecule has 1 unspecified atom stereocenters. The molecule has 106 valence electrons. The third-order valence-corrected chi connectivity index (χ3v) is 3.69.